The van der Waals surface area contributed by atoms with Crippen LogP contribution in [0.4, 0.5) is 0 Å². The number of benzene rings is 1. The minimum Gasteiger partial charge on any atom is -0.493 e. The predicted octanol–water partition coefficient (Wildman–Crippen LogP) is 3.09. The zero-order chi connectivity index (χ0) is 13.9. The summed E-state index contributed by atoms with van der Waals surface area (Å²) in [7, 11) is 1.66. The Bertz CT molecular complexity index is 469. The lowest BCUT2D eigenvalue weighted by Gasteiger charge is -2.20. The van der Waals surface area contributed by atoms with Gasteiger partial charge in [-0.15, -0.1) is 0 Å². The molecule has 1 N–H and O–H groups in total. The summed E-state index contributed by atoms with van der Waals surface area (Å²) >= 11 is 0. The minimum absolute atomic E-state index is 0.279. The van der Waals surface area contributed by atoms with E-state index in [0.29, 0.717) is 6.04 Å². The Morgan fingerprint density at radius 3 is 2.85 bits per heavy atom. The number of hydrogen-bond acceptors (Lipinski definition) is 4. The van der Waals surface area contributed by atoms with Gasteiger partial charge in [0.15, 0.2) is 11.5 Å². The molecule has 1 saturated carbocycles. The van der Waals surface area contributed by atoms with E-state index in [-0.39, 0.29) is 6.79 Å². The summed E-state index contributed by atoms with van der Waals surface area (Å²) in [4.78, 5) is 0. The maximum Gasteiger partial charge on any atom is 0.231 e. The Balaban J connectivity index is 1.65. The van der Waals surface area contributed by atoms with Crippen LogP contribution in [0.15, 0.2) is 12.1 Å². The van der Waals surface area contributed by atoms with Gasteiger partial charge in [0.25, 0.3) is 0 Å². The van der Waals surface area contributed by atoms with Crippen molar-refractivity contribution in [2.45, 2.75) is 45.2 Å². The molecule has 4 nitrogen and oxygen atoms in total. The van der Waals surface area contributed by atoms with E-state index in [1.165, 1.54) is 31.2 Å². The zero-order valence-corrected chi connectivity index (χ0v) is 12.3. The summed E-state index contributed by atoms with van der Waals surface area (Å²) in [6.45, 7) is 3.41. The molecule has 1 aromatic rings. The highest BCUT2D eigenvalue weighted by Crippen LogP contribution is 2.41. The molecule has 0 amide bonds. The second-order valence-electron chi connectivity index (χ2n) is 5.75. The topological polar surface area (TPSA) is 39.7 Å². The third-order valence-electron chi connectivity index (χ3n) is 4.45. The first-order chi connectivity index (χ1) is 9.78. The lowest BCUT2D eigenvalue weighted by Crippen LogP contribution is -2.31. The Morgan fingerprint density at radius 2 is 2.10 bits per heavy atom. The van der Waals surface area contributed by atoms with Crippen LogP contribution in [0.5, 0.6) is 17.2 Å². The molecule has 3 rings (SSSR count). The van der Waals surface area contributed by atoms with Crippen molar-refractivity contribution >= 4 is 0 Å². The molecule has 0 unspecified atom stereocenters. The largest absolute Gasteiger partial charge is 0.493 e. The highest BCUT2D eigenvalue weighted by Gasteiger charge is 2.22. The molecule has 0 aromatic heterocycles. The summed E-state index contributed by atoms with van der Waals surface area (Å²) in [5, 5.41) is 3.63. The monoisotopic (exact) mass is 277 g/mol. The third kappa shape index (κ3) is 2.70. The molecule has 20 heavy (non-hydrogen) atoms. The Kier molecular flexibility index (Phi) is 4.01. The summed E-state index contributed by atoms with van der Waals surface area (Å²) < 4.78 is 16.2. The average molecular weight is 277 g/mol. The number of ether oxygens (including phenoxy) is 3. The minimum atomic E-state index is 0.279. The van der Waals surface area contributed by atoms with Crippen molar-refractivity contribution in [2.24, 2.45) is 5.92 Å². The van der Waals surface area contributed by atoms with E-state index in [9.17, 15) is 0 Å². The van der Waals surface area contributed by atoms with E-state index in [0.717, 1.165) is 29.7 Å². The van der Waals surface area contributed by atoms with E-state index in [2.05, 4.69) is 12.2 Å². The van der Waals surface area contributed by atoms with Crippen molar-refractivity contribution in [3.8, 4) is 17.2 Å². The SMILES string of the molecule is COc1cc(CN[C@H](C)C2CCCC2)cc2c1OCO2. The first-order valence-corrected chi connectivity index (χ1v) is 7.48. The quantitative estimate of drug-likeness (QED) is 0.897. The van der Waals surface area contributed by atoms with Gasteiger partial charge < -0.3 is 19.5 Å². The van der Waals surface area contributed by atoms with Gasteiger partial charge in [-0.2, -0.15) is 0 Å². The van der Waals surface area contributed by atoms with Crippen LogP contribution in [0.25, 0.3) is 0 Å². The normalized spacial score (nSPS) is 19.3. The van der Waals surface area contributed by atoms with Crippen molar-refractivity contribution in [1.29, 1.82) is 0 Å². The molecular weight excluding hydrogens is 254 g/mol. The van der Waals surface area contributed by atoms with Crippen LogP contribution in [0.3, 0.4) is 0 Å². The van der Waals surface area contributed by atoms with Crippen molar-refractivity contribution in [3.05, 3.63) is 17.7 Å². The van der Waals surface area contributed by atoms with E-state index < -0.39 is 0 Å². The van der Waals surface area contributed by atoms with Gasteiger partial charge in [0.05, 0.1) is 7.11 Å². The third-order valence-corrected chi connectivity index (χ3v) is 4.45. The molecule has 0 radical (unpaired) electrons. The van der Waals surface area contributed by atoms with Gasteiger partial charge in [0, 0.05) is 12.6 Å². The fraction of sp³-hybridized carbons (Fsp3) is 0.625. The van der Waals surface area contributed by atoms with Crippen LogP contribution in [0.1, 0.15) is 38.2 Å². The Morgan fingerprint density at radius 1 is 1.30 bits per heavy atom. The van der Waals surface area contributed by atoms with Crippen molar-refractivity contribution < 1.29 is 14.2 Å². The van der Waals surface area contributed by atoms with E-state index in [1.807, 2.05) is 12.1 Å². The maximum absolute atomic E-state index is 5.46. The molecule has 1 heterocycles. The van der Waals surface area contributed by atoms with E-state index in [4.69, 9.17) is 14.2 Å². The Labute approximate surface area is 120 Å². The van der Waals surface area contributed by atoms with Gasteiger partial charge in [-0.25, -0.2) is 0 Å². The molecule has 1 aliphatic carbocycles. The number of rotatable bonds is 5. The summed E-state index contributed by atoms with van der Waals surface area (Å²) in [5.41, 5.74) is 1.18. The fourth-order valence-corrected chi connectivity index (χ4v) is 3.19. The van der Waals surface area contributed by atoms with Gasteiger partial charge in [-0.05, 0) is 43.4 Å². The number of nitrogens with one attached hydrogen (secondary N) is 1. The van der Waals surface area contributed by atoms with Crippen LogP contribution in [0.2, 0.25) is 0 Å². The smallest absolute Gasteiger partial charge is 0.231 e. The molecule has 0 bridgehead atoms. The molecule has 4 heteroatoms. The molecule has 1 fully saturated rings. The molecule has 0 spiro atoms. The molecule has 0 saturated heterocycles. The van der Waals surface area contributed by atoms with Gasteiger partial charge >= 0.3 is 0 Å². The molecule has 2 aliphatic rings. The number of methoxy groups -OCH3 is 1. The Hall–Kier alpha value is -1.42. The molecule has 1 atom stereocenters. The fourth-order valence-electron chi connectivity index (χ4n) is 3.19. The van der Waals surface area contributed by atoms with Crippen molar-refractivity contribution in [1.82, 2.24) is 5.32 Å². The summed E-state index contributed by atoms with van der Waals surface area (Å²) in [5.74, 6) is 3.09. The van der Waals surface area contributed by atoms with Crippen molar-refractivity contribution in [2.75, 3.05) is 13.9 Å². The molecule has 110 valence electrons. The zero-order valence-electron chi connectivity index (χ0n) is 12.3. The predicted molar refractivity (Wildman–Crippen MR) is 77.4 cm³/mol. The first-order valence-electron chi connectivity index (χ1n) is 7.48. The highest BCUT2D eigenvalue weighted by molar-refractivity contribution is 5.55. The summed E-state index contributed by atoms with van der Waals surface area (Å²) in [6.07, 6.45) is 5.49. The average Bonchev–Trinajstić information content (AvgIpc) is 3.14. The van der Waals surface area contributed by atoms with Gasteiger partial charge in [-0.1, -0.05) is 12.8 Å². The van der Waals surface area contributed by atoms with Crippen LogP contribution in [-0.2, 0) is 6.54 Å². The summed E-state index contributed by atoms with van der Waals surface area (Å²) in [6, 6.07) is 4.63. The second kappa shape index (κ2) is 5.92. The highest BCUT2D eigenvalue weighted by atomic mass is 16.7. The van der Waals surface area contributed by atoms with Gasteiger partial charge in [0.2, 0.25) is 12.5 Å². The van der Waals surface area contributed by atoms with Crippen LogP contribution < -0.4 is 19.5 Å². The second-order valence-corrected chi connectivity index (χ2v) is 5.75. The number of hydrogen-bond donors (Lipinski definition) is 1. The van der Waals surface area contributed by atoms with Crippen LogP contribution >= 0.6 is 0 Å². The first kappa shape index (κ1) is 13.6. The standard InChI is InChI=1S/C16H23NO3/c1-11(13-5-3-4-6-13)17-9-12-7-14(18-2)16-15(8-12)19-10-20-16/h7-8,11,13,17H,3-6,9-10H2,1-2H3/t11-/m1/s1. The lowest BCUT2D eigenvalue weighted by molar-refractivity contribution is 0.171. The van der Waals surface area contributed by atoms with Crippen molar-refractivity contribution in [3.63, 3.8) is 0 Å². The van der Waals surface area contributed by atoms with Gasteiger partial charge in [0.1, 0.15) is 0 Å². The van der Waals surface area contributed by atoms with Crippen LogP contribution in [0, 0.1) is 5.92 Å². The lowest BCUT2D eigenvalue weighted by atomic mass is 9.99. The van der Waals surface area contributed by atoms with Crippen LogP contribution in [-0.4, -0.2) is 19.9 Å². The van der Waals surface area contributed by atoms with E-state index >= 15 is 0 Å². The number of fused-ring (bicyclic) bond motifs is 1. The molecule has 1 aliphatic heterocycles. The van der Waals surface area contributed by atoms with E-state index in [1.54, 1.807) is 7.11 Å². The maximum atomic E-state index is 5.46. The molecule has 1 aromatic carbocycles. The van der Waals surface area contributed by atoms with Gasteiger partial charge in [-0.3, -0.25) is 0 Å². The molecular formula is C16H23NO3.